The zero-order chi connectivity index (χ0) is 25.3. The van der Waals surface area contributed by atoms with Gasteiger partial charge in [0.2, 0.25) is 0 Å². The Bertz CT molecular complexity index is 1530. The Morgan fingerprint density at radius 1 is 1.06 bits per heavy atom. The van der Waals surface area contributed by atoms with Crippen molar-refractivity contribution in [2.45, 2.75) is 30.7 Å². The highest BCUT2D eigenvalue weighted by Gasteiger charge is 2.18. The fourth-order valence-electron chi connectivity index (χ4n) is 4.28. The molecule has 3 heterocycles. The van der Waals surface area contributed by atoms with E-state index in [0.29, 0.717) is 17.4 Å². The van der Waals surface area contributed by atoms with Gasteiger partial charge < -0.3 is 4.90 Å². The molecule has 9 nitrogen and oxygen atoms in total. The molecule has 36 heavy (non-hydrogen) atoms. The minimum atomic E-state index is -3.26. The quantitative estimate of drug-likeness (QED) is 0.408. The highest BCUT2D eigenvalue weighted by Crippen LogP contribution is 2.31. The number of fused-ring (bicyclic) bond motifs is 1. The number of amides is 2. The maximum Gasteiger partial charge on any atom is 0.323 e. The summed E-state index contributed by atoms with van der Waals surface area (Å²) >= 11 is 6.49. The van der Waals surface area contributed by atoms with Gasteiger partial charge in [0.1, 0.15) is 11.3 Å². The second-order valence-corrected chi connectivity index (χ2v) is 11.3. The van der Waals surface area contributed by atoms with E-state index >= 15 is 0 Å². The number of hydrogen-bond acceptors (Lipinski definition) is 6. The summed E-state index contributed by atoms with van der Waals surface area (Å²) in [6, 6.07) is 14.0. The first-order valence-electron chi connectivity index (χ1n) is 11.6. The zero-order valence-corrected chi connectivity index (χ0v) is 21.3. The molecular weight excluding hydrogens is 500 g/mol. The molecule has 1 saturated heterocycles. The summed E-state index contributed by atoms with van der Waals surface area (Å²) in [4.78, 5) is 19.0. The number of likely N-dealkylation sites (tertiary alicyclic amines) is 1. The molecule has 0 unspecified atom stereocenters. The second kappa shape index (κ2) is 9.87. The Labute approximate surface area is 214 Å². The molecule has 186 valence electrons. The Hall–Kier alpha value is -3.50. The van der Waals surface area contributed by atoms with Crippen LogP contribution in [0.15, 0.2) is 59.6 Å². The number of halogens is 1. The number of nitrogens with zero attached hydrogens (tertiary/aromatic N) is 5. The lowest BCUT2D eigenvalue weighted by Crippen LogP contribution is -2.38. The van der Waals surface area contributed by atoms with Crippen LogP contribution in [0.25, 0.3) is 22.2 Å². The first-order valence-corrected chi connectivity index (χ1v) is 13.9. The largest absolute Gasteiger partial charge is 0.325 e. The van der Waals surface area contributed by atoms with Gasteiger partial charge in [-0.1, -0.05) is 35.0 Å². The molecule has 1 aliphatic rings. The van der Waals surface area contributed by atoms with Crippen molar-refractivity contribution in [3.63, 3.8) is 0 Å². The molecular formula is C25H25ClN6O3S. The molecule has 0 spiro atoms. The van der Waals surface area contributed by atoms with E-state index in [1.54, 1.807) is 39.9 Å². The molecule has 0 bridgehead atoms. The first kappa shape index (κ1) is 24.2. The van der Waals surface area contributed by atoms with Crippen LogP contribution in [0.3, 0.4) is 0 Å². The van der Waals surface area contributed by atoms with Gasteiger partial charge in [-0.25, -0.2) is 22.9 Å². The van der Waals surface area contributed by atoms with Gasteiger partial charge in [0.15, 0.2) is 9.84 Å². The van der Waals surface area contributed by atoms with Crippen molar-refractivity contribution in [3.05, 3.63) is 65.3 Å². The van der Waals surface area contributed by atoms with Crippen molar-refractivity contribution in [1.82, 2.24) is 24.9 Å². The molecule has 5 rings (SSSR count). The SMILES string of the molecule is CS(=O)(=O)c1ccc(Cn2nnc3ccc(-c4cc(NC(=O)N5CCCCC5)ncc4Cl)cc32)cc1. The smallest absolute Gasteiger partial charge is 0.323 e. The summed E-state index contributed by atoms with van der Waals surface area (Å²) in [5, 5.41) is 11.9. The van der Waals surface area contributed by atoms with Gasteiger partial charge in [-0.3, -0.25) is 5.32 Å². The molecule has 1 N–H and O–H groups in total. The number of carbonyl (C=O) groups is 1. The molecule has 1 aliphatic heterocycles. The highest BCUT2D eigenvalue weighted by molar-refractivity contribution is 7.90. The van der Waals surface area contributed by atoms with Gasteiger partial charge in [-0.05, 0) is 60.7 Å². The topological polar surface area (TPSA) is 110 Å². The van der Waals surface area contributed by atoms with E-state index < -0.39 is 9.84 Å². The lowest BCUT2D eigenvalue weighted by Gasteiger charge is -2.26. The summed E-state index contributed by atoms with van der Waals surface area (Å²) in [6.07, 6.45) is 5.88. The van der Waals surface area contributed by atoms with E-state index in [4.69, 9.17) is 11.6 Å². The molecule has 2 aromatic carbocycles. The minimum Gasteiger partial charge on any atom is -0.325 e. The third-order valence-corrected chi connectivity index (χ3v) is 7.67. The fraction of sp³-hybridized carbons (Fsp3) is 0.280. The number of anilines is 1. The Kier molecular flexibility index (Phi) is 6.63. The standard InChI is InChI=1S/C25H25ClN6O3S/c1-36(34,35)19-8-5-17(6-9-19)16-32-23-13-18(7-10-22(23)29-30-32)20-14-24(27-15-21(20)26)28-25(33)31-11-3-2-4-12-31/h5-10,13-15H,2-4,11-12,16H2,1H3,(H,27,28,33). The maximum absolute atomic E-state index is 12.6. The monoisotopic (exact) mass is 524 g/mol. The molecule has 11 heteroatoms. The Morgan fingerprint density at radius 2 is 1.81 bits per heavy atom. The number of rotatable bonds is 5. The highest BCUT2D eigenvalue weighted by atomic mass is 35.5. The van der Waals surface area contributed by atoms with Crippen LogP contribution in [0.5, 0.6) is 0 Å². The van der Waals surface area contributed by atoms with Crippen LogP contribution >= 0.6 is 11.6 Å². The number of nitrogens with one attached hydrogen (secondary N) is 1. The number of sulfone groups is 1. The molecule has 2 amide bonds. The predicted octanol–water partition coefficient (Wildman–Crippen LogP) is 4.62. The van der Waals surface area contributed by atoms with E-state index in [0.717, 1.165) is 60.1 Å². The molecule has 0 atom stereocenters. The van der Waals surface area contributed by atoms with E-state index in [9.17, 15) is 13.2 Å². The van der Waals surface area contributed by atoms with Gasteiger partial charge in [0.05, 0.1) is 22.0 Å². The third kappa shape index (κ3) is 5.19. The molecule has 0 radical (unpaired) electrons. The molecule has 0 aliphatic carbocycles. The molecule has 0 saturated carbocycles. The first-order chi connectivity index (χ1) is 17.3. The van der Waals surface area contributed by atoms with Crippen LogP contribution in [-0.2, 0) is 16.4 Å². The number of benzene rings is 2. The van der Waals surface area contributed by atoms with E-state index in [1.165, 1.54) is 12.5 Å². The molecule has 4 aromatic rings. The Balaban J connectivity index is 1.41. The van der Waals surface area contributed by atoms with E-state index in [-0.39, 0.29) is 10.9 Å². The van der Waals surface area contributed by atoms with Gasteiger partial charge in [-0.15, -0.1) is 5.10 Å². The van der Waals surface area contributed by atoms with Crippen LogP contribution in [0.4, 0.5) is 10.6 Å². The van der Waals surface area contributed by atoms with Crippen LogP contribution in [0.2, 0.25) is 5.02 Å². The minimum absolute atomic E-state index is 0.157. The fourth-order valence-corrected chi connectivity index (χ4v) is 5.12. The summed E-state index contributed by atoms with van der Waals surface area (Å²) in [5.74, 6) is 0.433. The van der Waals surface area contributed by atoms with Crippen molar-refractivity contribution in [2.24, 2.45) is 0 Å². The van der Waals surface area contributed by atoms with Crippen molar-refractivity contribution in [3.8, 4) is 11.1 Å². The summed E-state index contributed by atoms with van der Waals surface area (Å²) in [6.45, 7) is 1.92. The summed E-state index contributed by atoms with van der Waals surface area (Å²) in [5.41, 5.74) is 3.97. The zero-order valence-electron chi connectivity index (χ0n) is 19.7. The van der Waals surface area contributed by atoms with Crippen molar-refractivity contribution in [2.75, 3.05) is 24.7 Å². The lowest BCUT2D eigenvalue weighted by molar-refractivity contribution is 0.200. The van der Waals surface area contributed by atoms with Crippen LogP contribution in [0.1, 0.15) is 24.8 Å². The van der Waals surface area contributed by atoms with Crippen molar-refractivity contribution in [1.29, 1.82) is 0 Å². The van der Waals surface area contributed by atoms with Crippen LogP contribution < -0.4 is 5.32 Å². The number of aromatic nitrogens is 4. The normalized spacial score (nSPS) is 14.2. The van der Waals surface area contributed by atoms with Gasteiger partial charge in [-0.2, -0.15) is 0 Å². The second-order valence-electron chi connectivity index (χ2n) is 8.89. The van der Waals surface area contributed by atoms with E-state index in [1.807, 2.05) is 18.2 Å². The average molecular weight is 525 g/mol. The number of pyridine rings is 1. The summed E-state index contributed by atoms with van der Waals surface area (Å²) < 4.78 is 25.2. The van der Waals surface area contributed by atoms with Gasteiger partial charge >= 0.3 is 6.03 Å². The van der Waals surface area contributed by atoms with Crippen LogP contribution in [-0.4, -0.2) is 58.7 Å². The maximum atomic E-state index is 12.6. The third-order valence-electron chi connectivity index (χ3n) is 6.24. The molecule has 1 fully saturated rings. The number of urea groups is 1. The average Bonchev–Trinajstić information content (AvgIpc) is 3.27. The predicted molar refractivity (Wildman–Crippen MR) is 139 cm³/mol. The lowest BCUT2D eigenvalue weighted by atomic mass is 10.1. The van der Waals surface area contributed by atoms with Crippen molar-refractivity contribution < 1.29 is 13.2 Å². The van der Waals surface area contributed by atoms with E-state index in [2.05, 4.69) is 20.6 Å². The Morgan fingerprint density at radius 3 is 2.53 bits per heavy atom. The van der Waals surface area contributed by atoms with Crippen molar-refractivity contribution >= 4 is 44.3 Å². The summed E-state index contributed by atoms with van der Waals surface area (Å²) in [7, 11) is -3.26. The van der Waals surface area contributed by atoms with Gasteiger partial charge in [0.25, 0.3) is 0 Å². The number of piperidine rings is 1. The van der Waals surface area contributed by atoms with Crippen LogP contribution in [0, 0.1) is 0 Å². The number of hydrogen-bond donors (Lipinski definition) is 1. The van der Waals surface area contributed by atoms with Gasteiger partial charge in [0, 0.05) is 31.1 Å². The number of carbonyl (C=O) groups excluding carboxylic acids is 1. The molecule has 2 aromatic heterocycles.